The second-order valence-electron chi connectivity index (χ2n) is 3.77. The number of amides is 1. The highest BCUT2D eigenvalue weighted by Gasteiger charge is 2.10. The van der Waals surface area contributed by atoms with Crippen molar-refractivity contribution in [1.29, 1.82) is 0 Å². The number of carbonyl (C=O) groups is 1. The average Bonchev–Trinajstić information content (AvgIpc) is 2.65. The molecule has 0 aliphatic rings. The molecule has 1 atom stereocenters. The number of nitrogens with one attached hydrogen (secondary N) is 2. The summed E-state index contributed by atoms with van der Waals surface area (Å²) < 4.78 is 1.85. The Kier molecular flexibility index (Phi) is 4.98. The minimum Gasteiger partial charge on any atom is -0.355 e. The van der Waals surface area contributed by atoms with E-state index in [1.807, 2.05) is 31.6 Å². The van der Waals surface area contributed by atoms with E-state index in [0.29, 0.717) is 6.54 Å². The first-order chi connectivity index (χ1) is 7.65. The number of aromatic nitrogens is 2. The van der Waals surface area contributed by atoms with Gasteiger partial charge in [-0.2, -0.15) is 5.10 Å². The van der Waals surface area contributed by atoms with E-state index < -0.39 is 0 Å². The molecule has 1 heterocycles. The molecule has 0 saturated heterocycles. The van der Waals surface area contributed by atoms with Crippen LogP contribution in [0.15, 0.2) is 12.3 Å². The third-order valence-electron chi connectivity index (χ3n) is 2.50. The summed E-state index contributed by atoms with van der Waals surface area (Å²) in [7, 11) is 1.92. The van der Waals surface area contributed by atoms with E-state index >= 15 is 0 Å². The first kappa shape index (κ1) is 12.7. The summed E-state index contributed by atoms with van der Waals surface area (Å²) in [5.74, 6) is 0.0486. The lowest BCUT2D eigenvalue weighted by atomic mass is 10.2. The number of nitrogens with zero attached hydrogens (tertiary/aromatic N) is 2. The fourth-order valence-electron chi connectivity index (χ4n) is 1.48. The van der Waals surface area contributed by atoms with Gasteiger partial charge in [0.25, 0.3) is 0 Å². The van der Waals surface area contributed by atoms with Crippen LogP contribution in [0.3, 0.4) is 0 Å². The Morgan fingerprint density at radius 2 is 2.38 bits per heavy atom. The van der Waals surface area contributed by atoms with Crippen molar-refractivity contribution in [1.82, 2.24) is 20.4 Å². The van der Waals surface area contributed by atoms with E-state index in [9.17, 15) is 4.79 Å². The van der Waals surface area contributed by atoms with Crippen molar-refractivity contribution in [2.24, 2.45) is 7.05 Å². The number of hydrogen-bond acceptors (Lipinski definition) is 3. The van der Waals surface area contributed by atoms with Crippen molar-refractivity contribution in [2.75, 3.05) is 13.1 Å². The molecule has 5 nitrogen and oxygen atoms in total. The Morgan fingerprint density at radius 1 is 1.62 bits per heavy atom. The monoisotopic (exact) mass is 224 g/mol. The first-order valence-electron chi connectivity index (χ1n) is 5.63. The lowest BCUT2D eigenvalue weighted by Crippen LogP contribution is -2.42. The van der Waals surface area contributed by atoms with Crippen LogP contribution in [0.4, 0.5) is 0 Å². The SMILES string of the molecule is CCNC(=O)C(C)NCCc1ccnn1C. The van der Waals surface area contributed by atoms with Gasteiger partial charge in [-0.15, -0.1) is 0 Å². The molecule has 0 aliphatic carbocycles. The molecule has 0 spiro atoms. The predicted octanol–water partition coefficient (Wildman–Crippen LogP) is 0.0768. The van der Waals surface area contributed by atoms with E-state index in [2.05, 4.69) is 15.7 Å². The molecule has 1 rings (SSSR count). The second-order valence-corrected chi connectivity index (χ2v) is 3.77. The van der Waals surface area contributed by atoms with Gasteiger partial charge in [0.15, 0.2) is 0 Å². The van der Waals surface area contributed by atoms with Crippen LogP contribution in [0.25, 0.3) is 0 Å². The van der Waals surface area contributed by atoms with Crippen LogP contribution in [0.2, 0.25) is 0 Å². The Hall–Kier alpha value is -1.36. The van der Waals surface area contributed by atoms with Crippen LogP contribution in [0.5, 0.6) is 0 Å². The van der Waals surface area contributed by atoms with Crippen molar-refractivity contribution >= 4 is 5.91 Å². The molecule has 0 aliphatic heterocycles. The highest BCUT2D eigenvalue weighted by molar-refractivity contribution is 5.81. The van der Waals surface area contributed by atoms with E-state index in [-0.39, 0.29) is 11.9 Å². The number of likely N-dealkylation sites (N-methyl/N-ethyl adjacent to an activating group) is 1. The highest BCUT2D eigenvalue weighted by atomic mass is 16.2. The van der Waals surface area contributed by atoms with Gasteiger partial charge >= 0.3 is 0 Å². The molecule has 90 valence electrons. The molecule has 0 fully saturated rings. The van der Waals surface area contributed by atoms with Crippen LogP contribution in [0.1, 0.15) is 19.5 Å². The smallest absolute Gasteiger partial charge is 0.236 e. The third-order valence-corrected chi connectivity index (χ3v) is 2.50. The Labute approximate surface area is 96.2 Å². The van der Waals surface area contributed by atoms with Gasteiger partial charge < -0.3 is 10.6 Å². The number of carbonyl (C=O) groups excluding carboxylic acids is 1. The molecule has 0 bridgehead atoms. The first-order valence-corrected chi connectivity index (χ1v) is 5.63. The fourth-order valence-corrected chi connectivity index (χ4v) is 1.48. The van der Waals surface area contributed by atoms with Crippen LogP contribution in [0, 0.1) is 0 Å². The second kappa shape index (κ2) is 6.27. The lowest BCUT2D eigenvalue weighted by molar-refractivity contribution is -0.122. The maximum atomic E-state index is 11.4. The largest absolute Gasteiger partial charge is 0.355 e. The van der Waals surface area contributed by atoms with Crippen LogP contribution in [-0.4, -0.2) is 34.8 Å². The normalized spacial score (nSPS) is 12.4. The zero-order chi connectivity index (χ0) is 12.0. The summed E-state index contributed by atoms with van der Waals surface area (Å²) in [4.78, 5) is 11.4. The minimum atomic E-state index is -0.145. The fraction of sp³-hybridized carbons (Fsp3) is 0.636. The molecule has 1 aromatic heterocycles. The number of rotatable bonds is 6. The number of hydrogen-bond donors (Lipinski definition) is 2. The highest BCUT2D eigenvalue weighted by Crippen LogP contribution is 1.96. The number of aryl methyl sites for hydroxylation is 1. The van der Waals surface area contributed by atoms with Crippen LogP contribution < -0.4 is 10.6 Å². The van der Waals surface area contributed by atoms with Crippen LogP contribution >= 0.6 is 0 Å². The zero-order valence-corrected chi connectivity index (χ0v) is 10.2. The van der Waals surface area contributed by atoms with Crippen molar-refractivity contribution in [3.8, 4) is 0 Å². The van der Waals surface area contributed by atoms with Crippen molar-refractivity contribution in [3.63, 3.8) is 0 Å². The molecular weight excluding hydrogens is 204 g/mol. The van der Waals surface area contributed by atoms with Crippen molar-refractivity contribution in [3.05, 3.63) is 18.0 Å². The van der Waals surface area contributed by atoms with Crippen molar-refractivity contribution < 1.29 is 4.79 Å². The Morgan fingerprint density at radius 3 is 2.94 bits per heavy atom. The Bertz CT molecular complexity index is 334. The maximum absolute atomic E-state index is 11.4. The summed E-state index contributed by atoms with van der Waals surface area (Å²) in [6.07, 6.45) is 2.66. The van der Waals surface area contributed by atoms with Gasteiger partial charge in [-0.25, -0.2) is 0 Å². The van der Waals surface area contributed by atoms with Gasteiger partial charge in [0.05, 0.1) is 6.04 Å². The quantitative estimate of drug-likeness (QED) is 0.719. The standard InChI is InChI=1S/C11H20N4O/c1-4-12-11(16)9(2)13-7-5-10-6-8-14-15(10)3/h6,8-9,13H,4-5,7H2,1-3H3,(H,12,16). The molecule has 0 saturated carbocycles. The minimum absolute atomic E-state index is 0.0486. The summed E-state index contributed by atoms with van der Waals surface area (Å²) in [6, 6.07) is 1.84. The molecule has 1 amide bonds. The predicted molar refractivity (Wildman–Crippen MR) is 63.1 cm³/mol. The molecule has 0 aromatic carbocycles. The molecule has 1 unspecified atom stereocenters. The molecule has 2 N–H and O–H groups in total. The summed E-state index contributed by atoms with van der Waals surface area (Å²) in [6.45, 7) is 5.24. The molecule has 0 radical (unpaired) electrons. The zero-order valence-electron chi connectivity index (χ0n) is 10.2. The van der Waals surface area contributed by atoms with E-state index in [1.165, 1.54) is 0 Å². The summed E-state index contributed by atoms with van der Waals surface area (Å²) >= 11 is 0. The third kappa shape index (κ3) is 3.66. The van der Waals surface area contributed by atoms with Gasteiger partial charge in [0, 0.05) is 38.4 Å². The van der Waals surface area contributed by atoms with E-state index in [0.717, 1.165) is 18.7 Å². The lowest BCUT2D eigenvalue weighted by Gasteiger charge is -2.13. The van der Waals surface area contributed by atoms with Gasteiger partial charge in [-0.1, -0.05) is 0 Å². The van der Waals surface area contributed by atoms with Crippen molar-refractivity contribution in [2.45, 2.75) is 26.3 Å². The van der Waals surface area contributed by atoms with E-state index in [1.54, 1.807) is 6.20 Å². The molecule has 16 heavy (non-hydrogen) atoms. The topological polar surface area (TPSA) is 59.0 Å². The summed E-state index contributed by atoms with van der Waals surface area (Å²) in [5.41, 5.74) is 1.16. The maximum Gasteiger partial charge on any atom is 0.236 e. The summed E-state index contributed by atoms with van der Waals surface area (Å²) in [5, 5.41) is 10.0. The van der Waals surface area contributed by atoms with E-state index in [4.69, 9.17) is 0 Å². The van der Waals surface area contributed by atoms with Gasteiger partial charge in [-0.3, -0.25) is 9.48 Å². The molecular formula is C11H20N4O. The molecule has 1 aromatic rings. The Balaban J connectivity index is 2.25. The average molecular weight is 224 g/mol. The van der Waals surface area contributed by atoms with Gasteiger partial charge in [-0.05, 0) is 19.9 Å². The molecule has 5 heteroatoms. The van der Waals surface area contributed by atoms with Gasteiger partial charge in [0.2, 0.25) is 5.91 Å². The van der Waals surface area contributed by atoms with Crippen LogP contribution in [-0.2, 0) is 18.3 Å². The van der Waals surface area contributed by atoms with Gasteiger partial charge in [0.1, 0.15) is 0 Å².